The molecule has 0 spiro atoms. The lowest BCUT2D eigenvalue weighted by Crippen LogP contribution is -2.12. The summed E-state index contributed by atoms with van der Waals surface area (Å²) >= 11 is 9.66. The van der Waals surface area contributed by atoms with E-state index in [0.29, 0.717) is 5.02 Å². The Hall–Kier alpha value is -1.03. The molecular weight excluding hydrogens is 314 g/mol. The summed E-state index contributed by atoms with van der Waals surface area (Å²) in [5, 5.41) is 0.613. The van der Waals surface area contributed by atoms with E-state index in [1.54, 1.807) is 13.2 Å². The third-order valence-corrected chi connectivity index (χ3v) is 3.57. The van der Waals surface area contributed by atoms with Crippen molar-refractivity contribution in [1.29, 1.82) is 0 Å². The Kier molecular flexibility index (Phi) is 4.27. The van der Waals surface area contributed by atoms with Crippen molar-refractivity contribution in [1.82, 2.24) is 0 Å². The Labute approximate surface area is 120 Å². The number of rotatable bonds is 3. The molecule has 0 saturated heterocycles. The third kappa shape index (κ3) is 2.86. The molecule has 2 rings (SSSR count). The Balaban J connectivity index is 2.37. The van der Waals surface area contributed by atoms with Crippen LogP contribution < -0.4 is 10.5 Å². The Morgan fingerprint density at radius 3 is 2.61 bits per heavy atom. The van der Waals surface area contributed by atoms with E-state index in [9.17, 15) is 0 Å². The topological polar surface area (TPSA) is 35.2 Å². The van der Waals surface area contributed by atoms with Gasteiger partial charge in [0.1, 0.15) is 5.75 Å². The average Bonchev–Trinajstić information content (AvgIpc) is 2.37. The molecule has 2 aromatic carbocycles. The molecule has 2 nitrogen and oxygen atoms in total. The summed E-state index contributed by atoms with van der Waals surface area (Å²) in [5.74, 6) is 0.727. The summed E-state index contributed by atoms with van der Waals surface area (Å²) in [6.07, 6.45) is 0. The van der Waals surface area contributed by atoms with Gasteiger partial charge in [-0.3, -0.25) is 0 Å². The fourth-order valence-corrected chi connectivity index (χ4v) is 2.47. The Morgan fingerprint density at radius 1 is 1.22 bits per heavy atom. The van der Waals surface area contributed by atoms with Crippen LogP contribution in [0.3, 0.4) is 0 Å². The highest BCUT2D eigenvalue weighted by molar-refractivity contribution is 9.10. The largest absolute Gasteiger partial charge is 0.497 e. The number of hydrogen-bond donors (Lipinski definition) is 1. The first-order valence-electron chi connectivity index (χ1n) is 5.46. The normalized spacial score (nSPS) is 12.2. The molecule has 0 bridgehead atoms. The zero-order valence-electron chi connectivity index (χ0n) is 9.86. The van der Waals surface area contributed by atoms with E-state index < -0.39 is 0 Å². The van der Waals surface area contributed by atoms with E-state index >= 15 is 0 Å². The molecule has 0 radical (unpaired) electrons. The average molecular weight is 327 g/mol. The van der Waals surface area contributed by atoms with E-state index in [1.807, 2.05) is 36.4 Å². The number of nitrogens with two attached hydrogens (primary N) is 1. The summed E-state index contributed by atoms with van der Waals surface area (Å²) in [7, 11) is 1.61. The summed E-state index contributed by atoms with van der Waals surface area (Å²) < 4.78 is 6.12. The number of halogens is 2. The van der Waals surface area contributed by atoms with Gasteiger partial charge in [0.05, 0.1) is 13.2 Å². The maximum Gasteiger partial charge on any atom is 0.120 e. The lowest BCUT2D eigenvalue weighted by atomic mass is 9.99. The van der Waals surface area contributed by atoms with Crippen LogP contribution in [0.2, 0.25) is 5.02 Å². The first-order chi connectivity index (χ1) is 8.61. The van der Waals surface area contributed by atoms with E-state index in [4.69, 9.17) is 22.1 Å². The molecule has 2 N–H and O–H groups in total. The van der Waals surface area contributed by atoms with Gasteiger partial charge >= 0.3 is 0 Å². The quantitative estimate of drug-likeness (QED) is 0.919. The van der Waals surface area contributed by atoms with Crippen LogP contribution in [0.25, 0.3) is 0 Å². The minimum absolute atomic E-state index is 0.249. The highest BCUT2D eigenvalue weighted by Crippen LogP contribution is 2.30. The van der Waals surface area contributed by atoms with Crippen molar-refractivity contribution in [2.24, 2.45) is 5.73 Å². The Bertz CT molecular complexity index is 559. The highest BCUT2D eigenvalue weighted by Gasteiger charge is 2.13. The van der Waals surface area contributed by atoms with Crippen LogP contribution in [-0.2, 0) is 0 Å². The predicted molar refractivity (Wildman–Crippen MR) is 78.2 cm³/mol. The van der Waals surface area contributed by atoms with Gasteiger partial charge in [0.2, 0.25) is 0 Å². The second-order valence-corrected chi connectivity index (χ2v) is 5.24. The maximum absolute atomic E-state index is 6.23. The van der Waals surface area contributed by atoms with Crippen molar-refractivity contribution in [3.63, 3.8) is 0 Å². The van der Waals surface area contributed by atoms with E-state index in [0.717, 1.165) is 21.3 Å². The number of methoxy groups -OCH3 is 1. The van der Waals surface area contributed by atoms with Gasteiger partial charge in [-0.25, -0.2) is 0 Å². The van der Waals surface area contributed by atoms with Crippen LogP contribution in [0, 0.1) is 0 Å². The molecule has 0 aliphatic heterocycles. The summed E-state index contributed by atoms with van der Waals surface area (Å²) in [6.45, 7) is 0. The van der Waals surface area contributed by atoms with Gasteiger partial charge in [0, 0.05) is 9.50 Å². The lowest BCUT2D eigenvalue weighted by molar-refractivity contribution is 0.414. The van der Waals surface area contributed by atoms with Crippen molar-refractivity contribution in [3.05, 3.63) is 63.1 Å². The van der Waals surface area contributed by atoms with Crippen molar-refractivity contribution in [2.45, 2.75) is 6.04 Å². The van der Waals surface area contributed by atoms with Crippen LogP contribution in [0.4, 0.5) is 0 Å². The molecule has 0 aliphatic carbocycles. The number of benzene rings is 2. The highest BCUT2D eigenvalue weighted by atomic mass is 79.9. The maximum atomic E-state index is 6.23. The van der Waals surface area contributed by atoms with Crippen molar-refractivity contribution in [2.75, 3.05) is 7.11 Å². The van der Waals surface area contributed by atoms with Gasteiger partial charge in [-0.2, -0.15) is 0 Å². The Morgan fingerprint density at radius 2 is 2.00 bits per heavy atom. The molecule has 0 heterocycles. The van der Waals surface area contributed by atoms with Gasteiger partial charge in [0.15, 0.2) is 0 Å². The minimum Gasteiger partial charge on any atom is -0.497 e. The smallest absolute Gasteiger partial charge is 0.120 e. The van der Waals surface area contributed by atoms with Gasteiger partial charge < -0.3 is 10.5 Å². The fraction of sp³-hybridized carbons (Fsp3) is 0.143. The molecule has 4 heteroatoms. The van der Waals surface area contributed by atoms with Crippen LogP contribution in [0.5, 0.6) is 5.75 Å². The first kappa shape index (κ1) is 13.4. The molecule has 0 aromatic heterocycles. The van der Waals surface area contributed by atoms with Crippen LogP contribution >= 0.6 is 27.5 Å². The monoisotopic (exact) mass is 325 g/mol. The molecule has 0 saturated carbocycles. The summed E-state index contributed by atoms with van der Waals surface area (Å²) in [6, 6.07) is 13.2. The van der Waals surface area contributed by atoms with Crippen molar-refractivity contribution < 1.29 is 4.74 Å². The molecule has 18 heavy (non-hydrogen) atoms. The van der Waals surface area contributed by atoms with Crippen LogP contribution in [-0.4, -0.2) is 7.11 Å². The molecule has 94 valence electrons. The molecule has 1 atom stereocenters. The molecule has 2 aromatic rings. The SMILES string of the molecule is COc1ccc(C(N)c2cccc(Br)c2)c(Cl)c1. The van der Waals surface area contributed by atoms with E-state index in [-0.39, 0.29) is 6.04 Å². The first-order valence-corrected chi connectivity index (χ1v) is 6.63. The van der Waals surface area contributed by atoms with Crippen LogP contribution in [0.1, 0.15) is 17.2 Å². The fourth-order valence-electron chi connectivity index (χ4n) is 1.77. The third-order valence-electron chi connectivity index (χ3n) is 2.75. The standard InChI is InChI=1S/C14H13BrClNO/c1-18-11-5-6-12(13(16)8-11)14(17)9-3-2-4-10(15)7-9/h2-8,14H,17H2,1H3. The van der Waals surface area contributed by atoms with Gasteiger partial charge in [-0.15, -0.1) is 0 Å². The molecule has 0 amide bonds. The zero-order chi connectivity index (χ0) is 13.1. The van der Waals surface area contributed by atoms with Gasteiger partial charge in [0.25, 0.3) is 0 Å². The van der Waals surface area contributed by atoms with Gasteiger partial charge in [-0.1, -0.05) is 45.7 Å². The van der Waals surface area contributed by atoms with Crippen LogP contribution in [0.15, 0.2) is 46.9 Å². The molecule has 1 unspecified atom stereocenters. The minimum atomic E-state index is -0.249. The van der Waals surface area contributed by atoms with Crippen molar-refractivity contribution in [3.8, 4) is 5.75 Å². The number of hydrogen-bond acceptors (Lipinski definition) is 2. The summed E-state index contributed by atoms with van der Waals surface area (Å²) in [5.41, 5.74) is 8.13. The summed E-state index contributed by atoms with van der Waals surface area (Å²) in [4.78, 5) is 0. The molecular formula is C14H13BrClNO. The zero-order valence-corrected chi connectivity index (χ0v) is 12.2. The van der Waals surface area contributed by atoms with Gasteiger partial charge in [-0.05, 0) is 35.4 Å². The number of ether oxygens (including phenoxy) is 1. The molecule has 0 aliphatic rings. The van der Waals surface area contributed by atoms with E-state index in [2.05, 4.69) is 15.9 Å². The predicted octanol–water partition coefficient (Wildman–Crippen LogP) is 4.16. The van der Waals surface area contributed by atoms with Crippen molar-refractivity contribution >= 4 is 27.5 Å². The van der Waals surface area contributed by atoms with E-state index in [1.165, 1.54) is 0 Å². The second-order valence-electron chi connectivity index (χ2n) is 3.92. The second kappa shape index (κ2) is 5.74. The lowest BCUT2D eigenvalue weighted by Gasteiger charge is -2.15. The molecule has 0 fully saturated rings.